The monoisotopic (exact) mass is 721 g/mol. The Morgan fingerprint density at radius 2 is 1.94 bits per heavy atom. The van der Waals surface area contributed by atoms with Gasteiger partial charge in [0.1, 0.15) is 41.2 Å². The molecule has 1 spiro atoms. The number of hydrazone groups is 1. The molecule has 4 aliphatic rings. The number of aromatic nitrogens is 2. The molecule has 4 aromatic rings. The number of nitriles is 1. The number of hydrazine groups is 1. The largest absolute Gasteiger partial charge is 0.461 e. The molecule has 2 aromatic heterocycles. The van der Waals surface area contributed by atoms with Crippen LogP contribution in [0.5, 0.6) is 6.01 Å². The lowest BCUT2D eigenvalue weighted by atomic mass is 9.84. The van der Waals surface area contributed by atoms with Gasteiger partial charge in [-0.1, -0.05) is 17.7 Å². The van der Waals surface area contributed by atoms with E-state index in [2.05, 4.69) is 15.0 Å². The van der Waals surface area contributed by atoms with E-state index in [-0.39, 0.29) is 53.9 Å². The van der Waals surface area contributed by atoms with Crippen LogP contribution in [0.3, 0.4) is 0 Å². The van der Waals surface area contributed by atoms with Crippen LogP contribution in [0.15, 0.2) is 23.3 Å². The minimum atomic E-state index is -0.765. The van der Waals surface area contributed by atoms with Gasteiger partial charge < -0.3 is 26.1 Å². The lowest BCUT2D eigenvalue weighted by molar-refractivity contribution is 0.0306. The summed E-state index contributed by atoms with van der Waals surface area (Å²) in [6.45, 7) is 3.78. The summed E-state index contributed by atoms with van der Waals surface area (Å²) in [5.41, 5.74) is 5.64. The molecule has 0 saturated carbocycles. The first-order valence-corrected chi connectivity index (χ1v) is 17.6. The first-order chi connectivity index (χ1) is 24.1. The summed E-state index contributed by atoms with van der Waals surface area (Å²) in [7, 11) is 0. The molecule has 0 aliphatic carbocycles. The molecule has 50 heavy (non-hydrogen) atoms. The number of urea groups is 1. The fourth-order valence-corrected chi connectivity index (χ4v) is 9.68. The zero-order valence-corrected chi connectivity index (χ0v) is 28.5. The second-order valence-electron chi connectivity index (χ2n) is 13.5. The number of likely N-dealkylation sites (tertiary alicyclic amines) is 1. The van der Waals surface area contributed by atoms with E-state index in [0.29, 0.717) is 43.9 Å². The maximum absolute atomic E-state index is 17.1. The van der Waals surface area contributed by atoms with Crippen molar-refractivity contribution in [1.82, 2.24) is 24.8 Å². The smallest absolute Gasteiger partial charge is 0.340 e. The number of nitrogen functional groups attached to an aromatic ring is 1. The highest BCUT2D eigenvalue weighted by Gasteiger charge is 2.53. The Kier molecular flexibility index (Phi) is 7.86. The van der Waals surface area contributed by atoms with Crippen LogP contribution in [-0.4, -0.2) is 87.6 Å². The topological polar surface area (TPSA) is 179 Å². The molecule has 2 amide bonds. The molecule has 1 atom stereocenters. The predicted octanol–water partition coefficient (Wildman–Crippen LogP) is 4.76. The van der Waals surface area contributed by atoms with E-state index in [1.54, 1.807) is 11.0 Å². The molecule has 0 radical (unpaired) electrons. The van der Waals surface area contributed by atoms with Crippen molar-refractivity contribution < 1.29 is 18.3 Å². The van der Waals surface area contributed by atoms with Crippen LogP contribution in [0.1, 0.15) is 44.1 Å². The van der Waals surface area contributed by atoms with E-state index in [1.165, 1.54) is 12.1 Å². The SMILES string of the molecule is N#Cc1c(N)sc2c(F)ccc(-c3c(Cl)cc4c(N5CCC6(CCN6C(=O)N(N)/C=N\N)C5)nc(OCC56CCCN5CCC6)nc4c3F)c12. The van der Waals surface area contributed by atoms with Gasteiger partial charge in [0.05, 0.1) is 26.4 Å². The van der Waals surface area contributed by atoms with Crippen molar-refractivity contribution in [3.63, 3.8) is 0 Å². The zero-order valence-electron chi connectivity index (χ0n) is 27.0. The summed E-state index contributed by atoms with van der Waals surface area (Å²) in [5.74, 6) is 10.1. The Labute approximate surface area is 294 Å². The average Bonchev–Trinajstić information content (AvgIpc) is 3.87. The molecule has 2 aromatic carbocycles. The Morgan fingerprint density at radius 1 is 1.18 bits per heavy atom. The van der Waals surface area contributed by atoms with Crippen LogP contribution >= 0.6 is 22.9 Å². The number of hydrogen-bond donors (Lipinski definition) is 3. The van der Waals surface area contributed by atoms with E-state index in [1.807, 2.05) is 11.0 Å². The number of amides is 2. The van der Waals surface area contributed by atoms with E-state index in [9.17, 15) is 14.4 Å². The van der Waals surface area contributed by atoms with Crippen molar-refractivity contribution in [2.75, 3.05) is 50.0 Å². The van der Waals surface area contributed by atoms with Gasteiger partial charge in [-0.2, -0.15) is 20.3 Å². The van der Waals surface area contributed by atoms with Gasteiger partial charge in [-0.3, -0.25) is 4.90 Å². The minimum absolute atomic E-state index is 0.0179. The predicted molar refractivity (Wildman–Crippen MR) is 188 cm³/mol. The van der Waals surface area contributed by atoms with Gasteiger partial charge >= 0.3 is 12.0 Å². The number of carbonyl (C=O) groups excluding carboxylic acids is 1. The molecule has 4 aliphatic heterocycles. The lowest BCUT2D eigenvalue weighted by Crippen LogP contribution is -2.66. The summed E-state index contributed by atoms with van der Waals surface area (Å²) in [5, 5.41) is 14.8. The summed E-state index contributed by atoms with van der Waals surface area (Å²) >= 11 is 7.81. The third kappa shape index (κ3) is 4.89. The second-order valence-corrected chi connectivity index (χ2v) is 14.9. The Bertz CT molecular complexity index is 2130. The van der Waals surface area contributed by atoms with Gasteiger partial charge in [0, 0.05) is 36.0 Å². The Balaban J connectivity index is 1.24. The van der Waals surface area contributed by atoms with E-state index in [4.69, 9.17) is 38.7 Å². The molecule has 260 valence electrons. The van der Waals surface area contributed by atoms with Gasteiger partial charge in [0.15, 0.2) is 5.82 Å². The van der Waals surface area contributed by atoms with Crippen LogP contribution in [0.2, 0.25) is 5.02 Å². The number of nitrogens with zero attached hydrogens (tertiary/aromatic N) is 8. The van der Waals surface area contributed by atoms with Crippen molar-refractivity contribution in [2.45, 2.75) is 49.6 Å². The summed E-state index contributed by atoms with van der Waals surface area (Å²) in [4.78, 5) is 28.7. The van der Waals surface area contributed by atoms with Gasteiger partial charge in [0.2, 0.25) is 0 Å². The van der Waals surface area contributed by atoms with E-state index >= 15 is 4.39 Å². The number of ether oxygens (including phenoxy) is 1. The second kappa shape index (κ2) is 12.0. The van der Waals surface area contributed by atoms with Crippen LogP contribution in [0, 0.1) is 23.0 Å². The third-order valence-electron chi connectivity index (χ3n) is 11.0. The molecule has 1 unspecified atom stereocenters. The number of carbonyl (C=O) groups is 1. The fourth-order valence-electron chi connectivity index (χ4n) is 8.44. The van der Waals surface area contributed by atoms with E-state index in [0.717, 1.165) is 67.9 Å². The number of benzene rings is 2. The van der Waals surface area contributed by atoms with Crippen molar-refractivity contribution in [3.05, 3.63) is 40.4 Å². The number of rotatable bonds is 6. The molecule has 6 N–H and O–H groups in total. The third-order valence-corrected chi connectivity index (χ3v) is 12.3. The van der Waals surface area contributed by atoms with Crippen LogP contribution < -0.4 is 27.1 Å². The molecular formula is C33H34ClF2N11O2S. The maximum atomic E-state index is 17.1. The van der Waals surface area contributed by atoms with Gasteiger partial charge in [-0.15, -0.1) is 11.3 Å². The number of halogens is 3. The molecule has 17 heteroatoms. The maximum Gasteiger partial charge on any atom is 0.340 e. The zero-order chi connectivity index (χ0) is 34.9. The molecule has 8 rings (SSSR count). The normalized spacial score (nSPS) is 21.4. The molecule has 6 heterocycles. The number of nitrogens with two attached hydrogens (primary N) is 3. The molecule has 13 nitrogen and oxygen atoms in total. The molecular weight excluding hydrogens is 688 g/mol. The number of anilines is 2. The van der Waals surface area contributed by atoms with Crippen molar-refractivity contribution >= 4 is 67.1 Å². The van der Waals surface area contributed by atoms with Gasteiger partial charge in [-0.25, -0.2) is 24.4 Å². The first kappa shape index (κ1) is 32.6. The minimum Gasteiger partial charge on any atom is -0.461 e. The standard InChI is InChI=1S/C33H34ClF2N11O2S/c34-21-13-19-26(25(36)24(21)18-3-4-22(35)27-23(18)20(14-37)28(38)50-27)42-30(49-16-33-5-1-9-45(33)10-2-6-33)43-29(19)44-11-7-32(15-44)8-12-46(32)31(48)47(40)17-41-39/h3-4,13,17H,1-2,5-12,15-16,38-40H2/b41-17-. The summed E-state index contributed by atoms with van der Waals surface area (Å²) in [6.07, 6.45) is 6.56. The quantitative estimate of drug-likeness (QED) is 0.0827. The number of thiophene rings is 1. The average molecular weight is 722 g/mol. The Morgan fingerprint density at radius 3 is 2.64 bits per heavy atom. The van der Waals surface area contributed by atoms with Crippen molar-refractivity contribution in [2.24, 2.45) is 16.8 Å². The summed E-state index contributed by atoms with van der Waals surface area (Å²) < 4.78 is 38.5. The highest BCUT2D eigenvalue weighted by Crippen LogP contribution is 2.47. The van der Waals surface area contributed by atoms with E-state index < -0.39 is 23.2 Å². The molecule has 0 bridgehead atoms. The molecule has 4 saturated heterocycles. The van der Waals surface area contributed by atoms with Crippen LogP contribution in [0.25, 0.3) is 32.1 Å². The Hall–Kier alpha value is -4.56. The first-order valence-electron chi connectivity index (χ1n) is 16.4. The number of hydrogen-bond acceptors (Lipinski definition) is 12. The van der Waals surface area contributed by atoms with Gasteiger partial charge in [0.25, 0.3) is 0 Å². The molecule has 4 fully saturated rings. The van der Waals surface area contributed by atoms with Crippen LogP contribution in [0.4, 0.5) is 24.4 Å². The highest BCUT2D eigenvalue weighted by atomic mass is 35.5. The van der Waals surface area contributed by atoms with Gasteiger partial charge in [-0.05, 0) is 69.3 Å². The fraction of sp³-hybridized carbons (Fsp3) is 0.424. The van der Waals surface area contributed by atoms with Crippen LogP contribution in [-0.2, 0) is 0 Å². The summed E-state index contributed by atoms with van der Waals surface area (Å²) in [6, 6.07) is 5.82. The lowest BCUT2D eigenvalue weighted by Gasteiger charge is -2.50. The highest BCUT2D eigenvalue weighted by molar-refractivity contribution is 7.23. The van der Waals surface area contributed by atoms with Crippen molar-refractivity contribution in [1.29, 1.82) is 5.26 Å². The van der Waals surface area contributed by atoms with Crippen molar-refractivity contribution in [3.8, 4) is 23.2 Å². The number of fused-ring (bicyclic) bond motifs is 3.